The van der Waals surface area contributed by atoms with Gasteiger partial charge in [0.2, 0.25) is 11.8 Å². The minimum absolute atomic E-state index is 0.100. The molecule has 4 rings (SSSR count). The van der Waals surface area contributed by atoms with E-state index in [1.54, 1.807) is 0 Å². The molecule has 1 aliphatic heterocycles. The molecule has 2 heterocycles. The maximum Gasteiger partial charge on any atom is 0.257 e. The van der Waals surface area contributed by atoms with Gasteiger partial charge in [-0.3, -0.25) is 14.4 Å². The molecule has 164 valence electrons. The second kappa shape index (κ2) is 9.82. The summed E-state index contributed by atoms with van der Waals surface area (Å²) in [6, 6.07) is 17.5. The lowest BCUT2D eigenvalue weighted by Gasteiger charge is -2.23. The fourth-order valence-electron chi connectivity index (χ4n) is 3.61. The van der Waals surface area contributed by atoms with Crippen molar-refractivity contribution < 1.29 is 9.59 Å². The molecule has 0 spiro atoms. The number of hydrogen-bond acceptors (Lipinski definition) is 5. The Bertz CT molecular complexity index is 1180. The van der Waals surface area contributed by atoms with Crippen LogP contribution in [0.5, 0.6) is 0 Å². The van der Waals surface area contributed by atoms with Crippen LogP contribution in [0.2, 0.25) is 0 Å². The Morgan fingerprint density at radius 3 is 2.56 bits per heavy atom. The zero-order valence-electron chi connectivity index (χ0n) is 17.7. The van der Waals surface area contributed by atoms with Crippen molar-refractivity contribution in [3.63, 3.8) is 0 Å². The number of benzene rings is 2. The van der Waals surface area contributed by atoms with Gasteiger partial charge < -0.3 is 15.6 Å². The standard InChI is InChI=1S/C24H24N4O3S/c1-2-15-8-10-17(11-9-15)25-22(30)18-14-19(29)26-21-20(18)23(31)28-24(27-21)32-13-12-16-6-4-3-5-7-16/h3-11,18H,2,12-14H2,1H3,(H,25,30)(H2,26,27,28,29,31)/t18-/m1/s1. The van der Waals surface area contributed by atoms with Crippen LogP contribution in [0.3, 0.4) is 0 Å². The van der Waals surface area contributed by atoms with Gasteiger partial charge in [-0.05, 0) is 36.1 Å². The Morgan fingerprint density at radius 1 is 1.09 bits per heavy atom. The molecule has 2 amide bonds. The molecule has 0 unspecified atom stereocenters. The Labute approximate surface area is 190 Å². The van der Waals surface area contributed by atoms with E-state index >= 15 is 0 Å². The van der Waals surface area contributed by atoms with Gasteiger partial charge in [-0.25, -0.2) is 4.98 Å². The Kier molecular flexibility index (Phi) is 6.70. The van der Waals surface area contributed by atoms with Crippen LogP contribution in [0, 0.1) is 0 Å². The number of nitrogens with one attached hydrogen (secondary N) is 3. The Balaban J connectivity index is 1.50. The summed E-state index contributed by atoms with van der Waals surface area (Å²) in [5, 5.41) is 5.88. The van der Waals surface area contributed by atoms with Crippen molar-refractivity contribution in [1.82, 2.24) is 9.97 Å². The van der Waals surface area contributed by atoms with Gasteiger partial charge in [0.1, 0.15) is 5.82 Å². The molecule has 3 N–H and O–H groups in total. The van der Waals surface area contributed by atoms with Crippen LogP contribution < -0.4 is 16.2 Å². The molecule has 1 aromatic heterocycles. The van der Waals surface area contributed by atoms with E-state index in [0.29, 0.717) is 10.8 Å². The molecule has 0 saturated heterocycles. The molecule has 2 aromatic carbocycles. The number of aromatic amines is 1. The van der Waals surface area contributed by atoms with E-state index in [0.717, 1.165) is 24.2 Å². The highest BCUT2D eigenvalue weighted by molar-refractivity contribution is 7.99. The van der Waals surface area contributed by atoms with E-state index in [-0.39, 0.29) is 23.7 Å². The van der Waals surface area contributed by atoms with Crippen LogP contribution in [-0.4, -0.2) is 27.5 Å². The first-order chi connectivity index (χ1) is 15.5. The number of aromatic nitrogens is 2. The fourth-order valence-corrected chi connectivity index (χ4v) is 4.46. The van der Waals surface area contributed by atoms with Gasteiger partial charge in [-0.15, -0.1) is 0 Å². The van der Waals surface area contributed by atoms with E-state index in [9.17, 15) is 14.4 Å². The first-order valence-electron chi connectivity index (χ1n) is 10.5. The summed E-state index contributed by atoms with van der Waals surface area (Å²) in [6.07, 6.45) is 1.62. The van der Waals surface area contributed by atoms with Crippen molar-refractivity contribution in [2.24, 2.45) is 0 Å². The van der Waals surface area contributed by atoms with E-state index in [1.807, 2.05) is 54.6 Å². The summed E-state index contributed by atoms with van der Waals surface area (Å²) >= 11 is 1.40. The first-order valence-corrected chi connectivity index (χ1v) is 11.5. The summed E-state index contributed by atoms with van der Waals surface area (Å²) in [5.74, 6) is -0.755. The average molecular weight is 449 g/mol. The molecule has 7 nitrogen and oxygen atoms in total. The molecule has 0 bridgehead atoms. The number of rotatable bonds is 7. The summed E-state index contributed by atoms with van der Waals surface area (Å²) in [4.78, 5) is 45.2. The van der Waals surface area contributed by atoms with Crippen molar-refractivity contribution in [2.45, 2.75) is 37.3 Å². The maximum atomic E-state index is 12.9. The molecular weight excluding hydrogens is 424 g/mol. The predicted molar refractivity (Wildman–Crippen MR) is 126 cm³/mol. The molecule has 0 radical (unpaired) electrons. The number of carbonyl (C=O) groups is 2. The van der Waals surface area contributed by atoms with Gasteiger partial charge in [0.05, 0.1) is 11.5 Å². The lowest BCUT2D eigenvalue weighted by molar-refractivity contribution is -0.123. The quantitative estimate of drug-likeness (QED) is 0.377. The van der Waals surface area contributed by atoms with E-state index in [4.69, 9.17) is 0 Å². The number of carbonyl (C=O) groups excluding carboxylic acids is 2. The van der Waals surface area contributed by atoms with E-state index in [1.165, 1.54) is 17.3 Å². The third-order valence-corrected chi connectivity index (χ3v) is 6.22. The molecule has 0 saturated carbocycles. The lowest BCUT2D eigenvalue weighted by atomic mass is 9.92. The van der Waals surface area contributed by atoms with Gasteiger partial charge >= 0.3 is 0 Å². The molecule has 0 aliphatic carbocycles. The largest absolute Gasteiger partial charge is 0.326 e. The maximum absolute atomic E-state index is 12.9. The van der Waals surface area contributed by atoms with Crippen molar-refractivity contribution in [3.05, 3.63) is 81.6 Å². The molecule has 1 aliphatic rings. The van der Waals surface area contributed by atoms with Crippen molar-refractivity contribution in [2.75, 3.05) is 16.4 Å². The topological polar surface area (TPSA) is 104 Å². The van der Waals surface area contributed by atoms with Crippen LogP contribution in [0.1, 0.15) is 36.0 Å². The third kappa shape index (κ3) is 5.08. The second-order valence-electron chi connectivity index (χ2n) is 7.56. The summed E-state index contributed by atoms with van der Waals surface area (Å²) < 4.78 is 0. The number of nitrogens with zero attached hydrogens (tertiary/aromatic N) is 1. The minimum Gasteiger partial charge on any atom is -0.326 e. The molecular formula is C24H24N4O3S. The number of aryl methyl sites for hydroxylation is 2. The fraction of sp³-hybridized carbons (Fsp3) is 0.250. The zero-order valence-corrected chi connectivity index (χ0v) is 18.5. The van der Waals surface area contributed by atoms with Gasteiger partial charge in [0, 0.05) is 17.9 Å². The Hall–Kier alpha value is -3.39. The van der Waals surface area contributed by atoms with E-state index < -0.39 is 17.4 Å². The number of hydrogen-bond donors (Lipinski definition) is 3. The molecule has 0 fully saturated rings. The molecule has 8 heteroatoms. The van der Waals surface area contributed by atoms with Gasteiger partial charge in [-0.2, -0.15) is 0 Å². The number of anilines is 2. The number of fused-ring (bicyclic) bond motifs is 1. The van der Waals surface area contributed by atoms with Crippen LogP contribution in [-0.2, 0) is 22.4 Å². The average Bonchev–Trinajstić information content (AvgIpc) is 2.79. The van der Waals surface area contributed by atoms with Gasteiger partial charge in [0.15, 0.2) is 5.16 Å². The number of thioether (sulfide) groups is 1. The van der Waals surface area contributed by atoms with Crippen LogP contribution in [0.4, 0.5) is 11.5 Å². The highest BCUT2D eigenvalue weighted by atomic mass is 32.2. The van der Waals surface area contributed by atoms with E-state index in [2.05, 4.69) is 27.5 Å². The summed E-state index contributed by atoms with van der Waals surface area (Å²) in [6.45, 7) is 2.05. The highest BCUT2D eigenvalue weighted by Crippen LogP contribution is 2.30. The summed E-state index contributed by atoms with van der Waals surface area (Å²) in [5.41, 5.74) is 2.76. The van der Waals surface area contributed by atoms with Gasteiger partial charge in [0.25, 0.3) is 5.56 Å². The number of H-pyrrole nitrogens is 1. The monoisotopic (exact) mass is 448 g/mol. The lowest BCUT2D eigenvalue weighted by Crippen LogP contribution is -2.36. The van der Waals surface area contributed by atoms with Crippen LogP contribution >= 0.6 is 11.8 Å². The van der Waals surface area contributed by atoms with Crippen molar-refractivity contribution >= 4 is 35.1 Å². The highest BCUT2D eigenvalue weighted by Gasteiger charge is 2.34. The van der Waals surface area contributed by atoms with Crippen LogP contribution in [0.25, 0.3) is 0 Å². The minimum atomic E-state index is -0.899. The second-order valence-corrected chi connectivity index (χ2v) is 8.65. The molecule has 3 aromatic rings. The molecule has 1 atom stereocenters. The molecule has 32 heavy (non-hydrogen) atoms. The third-order valence-electron chi connectivity index (χ3n) is 5.35. The van der Waals surface area contributed by atoms with Crippen molar-refractivity contribution in [3.8, 4) is 0 Å². The SMILES string of the molecule is CCc1ccc(NC(=O)[C@@H]2CC(=O)Nc3nc(SCCc4ccccc4)[nH]c(=O)c32)cc1. The van der Waals surface area contributed by atoms with Gasteiger partial charge in [-0.1, -0.05) is 61.2 Å². The number of amides is 2. The summed E-state index contributed by atoms with van der Waals surface area (Å²) in [7, 11) is 0. The first kappa shape index (κ1) is 21.8. The Morgan fingerprint density at radius 2 is 1.84 bits per heavy atom. The van der Waals surface area contributed by atoms with Crippen molar-refractivity contribution in [1.29, 1.82) is 0 Å². The zero-order chi connectivity index (χ0) is 22.5. The smallest absolute Gasteiger partial charge is 0.257 e. The normalized spacial score (nSPS) is 15.0. The predicted octanol–water partition coefficient (Wildman–Crippen LogP) is 3.73. The van der Waals surface area contributed by atoms with Crippen LogP contribution in [0.15, 0.2) is 64.5 Å².